The standard InChI is InChI=1S/C26H28FN5O4/c1-13-9-16(14(2)30-19-8-7-15(27)11-17(19)22(28)33)21-18(10-13)24(34)31(6)23-20(29-12-32(21)23)25(35)36-26(3,4)5/h7-12,14,30H,1-6H3,(H2,28,33). The Morgan fingerprint density at radius 1 is 1.19 bits per heavy atom. The van der Waals surface area contributed by atoms with E-state index in [0.29, 0.717) is 27.8 Å². The summed E-state index contributed by atoms with van der Waals surface area (Å²) in [6.45, 7) is 8.97. The van der Waals surface area contributed by atoms with Gasteiger partial charge in [0.2, 0.25) is 0 Å². The number of hydrogen-bond acceptors (Lipinski definition) is 6. The molecular weight excluding hydrogens is 465 g/mol. The maximum atomic E-state index is 13.7. The van der Waals surface area contributed by atoms with Crippen LogP contribution in [-0.4, -0.2) is 31.4 Å². The summed E-state index contributed by atoms with van der Waals surface area (Å²) in [4.78, 5) is 42.5. The van der Waals surface area contributed by atoms with E-state index in [1.165, 1.54) is 23.0 Å². The second kappa shape index (κ2) is 8.78. The van der Waals surface area contributed by atoms with Crippen molar-refractivity contribution in [3.05, 3.63) is 75.2 Å². The second-order valence-corrected chi connectivity index (χ2v) is 9.82. The molecule has 0 saturated heterocycles. The Bertz CT molecular complexity index is 1600. The highest BCUT2D eigenvalue weighted by atomic mass is 19.1. The van der Waals surface area contributed by atoms with Gasteiger partial charge < -0.3 is 15.8 Å². The Labute approximate surface area is 206 Å². The van der Waals surface area contributed by atoms with Crippen LogP contribution in [0.1, 0.15) is 65.7 Å². The number of imidazole rings is 1. The van der Waals surface area contributed by atoms with Crippen LogP contribution in [0.15, 0.2) is 41.5 Å². The number of halogens is 1. The summed E-state index contributed by atoms with van der Waals surface area (Å²) in [6, 6.07) is 6.97. The summed E-state index contributed by atoms with van der Waals surface area (Å²) >= 11 is 0. The second-order valence-electron chi connectivity index (χ2n) is 9.82. The van der Waals surface area contributed by atoms with E-state index in [9.17, 15) is 18.8 Å². The first kappa shape index (κ1) is 24.9. The van der Waals surface area contributed by atoms with Gasteiger partial charge >= 0.3 is 5.97 Å². The zero-order valence-electron chi connectivity index (χ0n) is 21.0. The number of nitrogens with one attached hydrogen (secondary N) is 1. The SMILES string of the molecule is Cc1cc(C(C)Nc2ccc(F)cc2C(N)=O)c2c(c1)c(=O)n(C)c1c(C(=O)OC(C)(C)C)ncn21. The molecule has 9 nitrogen and oxygen atoms in total. The lowest BCUT2D eigenvalue weighted by molar-refractivity contribution is 0.00651. The van der Waals surface area contributed by atoms with E-state index in [2.05, 4.69) is 10.3 Å². The minimum Gasteiger partial charge on any atom is -0.455 e. The number of anilines is 1. The lowest BCUT2D eigenvalue weighted by atomic mass is 10.00. The number of carbonyl (C=O) groups is 2. The molecule has 4 aromatic rings. The maximum Gasteiger partial charge on any atom is 0.361 e. The number of benzene rings is 2. The molecular formula is C26H28FN5O4. The van der Waals surface area contributed by atoms with E-state index in [1.807, 2.05) is 19.9 Å². The van der Waals surface area contributed by atoms with Crippen molar-refractivity contribution in [1.29, 1.82) is 0 Å². The number of aromatic nitrogens is 3. The number of nitrogens with zero attached hydrogens (tertiary/aromatic N) is 3. The smallest absolute Gasteiger partial charge is 0.361 e. The number of aryl methyl sites for hydroxylation is 2. The Balaban J connectivity index is 1.94. The number of esters is 1. The minimum absolute atomic E-state index is 0.00899. The summed E-state index contributed by atoms with van der Waals surface area (Å²) in [5.41, 5.74) is 7.17. The third-order valence-corrected chi connectivity index (χ3v) is 5.80. The highest BCUT2D eigenvalue weighted by Gasteiger charge is 2.26. The van der Waals surface area contributed by atoms with Crippen LogP contribution in [0.2, 0.25) is 0 Å². The van der Waals surface area contributed by atoms with Gasteiger partial charge in [-0.15, -0.1) is 0 Å². The van der Waals surface area contributed by atoms with Crippen LogP contribution in [0.5, 0.6) is 0 Å². The summed E-state index contributed by atoms with van der Waals surface area (Å²) < 4.78 is 22.3. The van der Waals surface area contributed by atoms with E-state index in [-0.39, 0.29) is 16.8 Å². The molecule has 1 atom stereocenters. The van der Waals surface area contributed by atoms with Gasteiger partial charge in [-0.2, -0.15) is 0 Å². The van der Waals surface area contributed by atoms with Gasteiger partial charge in [0, 0.05) is 12.7 Å². The van der Waals surface area contributed by atoms with E-state index in [4.69, 9.17) is 10.5 Å². The highest BCUT2D eigenvalue weighted by Crippen LogP contribution is 2.30. The molecule has 0 radical (unpaired) electrons. The zero-order chi connectivity index (χ0) is 26.5. The van der Waals surface area contributed by atoms with Crippen LogP contribution in [-0.2, 0) is 11.8 Å². The molecule has 0 aliphatic carbocycles. The first-order valence-corrected chi connectivity index (χ1v) is 11.4. The molecule has 0 spiro atoms. The van der Waals surface area contributed by atoms with Crippen LogP contribution in [0.4, 0.5) is 10.1 Å². The van der Waals surface area contributed by atoms with Crippen molar-refractivity contribution in [2.24, 2.45) is 12.8 Å². The molecule has 4 rings (SSSR count). The third-order valence-electron chi connectivity index (χ3n) is 5.80. The Hall–Kier alpha value is -4.21. The fourth-order valence-corrected chi connectivity index (χ4v) is 4.30. The summed E-state index contributed by atoms with van der Waals surface area (Å²) in [5.74, 6) is -2.00. The number of carbonyl (C=O) groups excluding carboxylic acids is 2. The first-order valence-electron chi connectivity index (χ1n) is 11.4. The van der Waals surface area contributed by atoms with Crippen molar-refractivity contribution in [2.45, 2.75) is 46.3 Å². The molecule has 1 amide bonds. The third kappa shape index (κ3) is 4.41. The lowest BCUT2D eigenvalue weighted by Crippen LogP contribution is -2.26. The normalized spacial score (nSPS) is 12.6. The largest absolute Gasteiger partial charge is 0.455 e. The molecule has 3 N–H and O–H groups in total. The minimum atomic E-state index is -0.772. The molecule has 0 aliphatic rings. The van der Waals surface area contributed by atoms with Gasteiger partial charge in [0.25, 0.3) is 11.5 Å². The van der Waals surface area contributed by atoms with E-state index >= 15 is 0 Å². The summed E-state index contributed by atoms with van der Waals surface area (Å²) in [5, 5.41) is 3.64. The van der Waals surface area contributed by atoms with Crippen LogP contribution >= 0.6 is 0 Å². The van der Waals surface area contributed by atoms with Gasteiger partial charge in [0.1, 0.15) is 17.7 Å². The molecule has 2 heterocycles. The molecule has 2 aromatic heterocycles. The molecule has 0 fully saturated rings. The van der Waals surface area contributed by atoms with E-state index in [0.717, 1.165) is 11.6 Å². The van der Waals surface area contributed by atoms with Gasteiger partial charge in [-0.25, -0.2) is 14.2 Å². The molecule has 0 bridgehead atoms. The fourth-order valence-electron chi connectivity index (χ4n) is 4.30. The Morgan fingerprint density at radius 2 is 1.89 bits per heavy atom. The zero-order valence-corrected chi connectivity index (χ0v) is 21.0. The number of ether oxygens (including phenoxy) is 1. The molecule has 0 saturated carbocycles. The van der Waals surface area contributed by atoms with Crippen LogP contribution in [0.25, 0.3) is 16.6 Å². The molecule has 2 aromatic carbocycles. The summed E-state index contributed by atoms with van der Waals surface area (Å²) in [6.07, 6.45) is 1.48. The number of primary amides is 1. The Morgan fingerprint density at radius 3 is 2.53 bits per heavy atom. The van der Waals surface area contributed by atoms with Crippen LogP contribution in [0.3, 0.4) is 0 Å². The topological polar surface area (TPSA) is 121 Å². The number of fused-ring (bicyclic) bond motifs is 3. The van der Waals surface area contributed by atoms with Gasteiger partial charge in [-0.1, -0.05) is 6.07 Å². The van der Waals surface area contributed by atoms with Crippen LogP contribution < -0.4 is 16.6 Å². The fraction of sp³-hybridized carbons (Fsp3) is 0.308. The summed E-state index contributed by atoms with van der Waals surface area (Å²) in [7, 11) is 1.58. The molecule has 188 valence electrons. The van der Waals surface area contributed by atoms with Crippen molar-refractivity contribution in [2.75, 3.05) is 5.32 Å². The van der Waals surface area contributed by atoms with Gasteiger partial charge in [-0.3, -0.25) is 18.6 Å². The average molecular weight is 494 g/mol. The average Bonchev–Trinajstić information content (AvgIpc) is 3.22. The van der Waals surface area contributed by atoms with Crippen molar-refractivity contribution in [1.82, 2.24) is 14.0 Å². The molecule has 0 aliphatic heterocycles. The lowest BCUT2D eigenvalue weighted by Gasteiger charge is -2.21. The molecule has 10 heteroatoms. The first-order chi connectivity index (χ1) is 16.8. The predicted octanol–water partition coefficient (Wildman–Crippen LogP) is 3.86. The van der Waals surface area contributed by atoms with Crippen LogP contribution in [0, 0.1) is 12.7 Å². The maximum absolute atomic E-state index is 13.7. The highest BCUT2D eigenvalue weighted by molar-refractivity contribution is 5.99. The van der Waals surface area contributed by atoms with Crippen molar-refractivity contribution >= 4 is 34.1 Å². The number of hydrogen-bond donors (Lipinski definition) is 2. The van der Waals surface area contributed by atoms with Crippen molar-refractivity contribution in [3.8, 4) is 0 Å². The monoisotopic (exact) mass is 493 g/mol. The van der Waals surface area contributed by atoms with Gasteiger partial charge in [-0.05, 0) is 70.0 Å². The number of nitrogens with two attached hydrogens (primary N) is 1. The van der Waals surface area contributed by atoms with E-state index in [1.54, 1.807) is 38.3 Å². The number of rotatable bonds is 5. The van der Waals surface area contributed by atoms with Crippen molar-refractivity contribution < 1.29 is 18.7 Å². The van der Waals surface area contributed by atoms with E-state index < -0.39 is 29.3 Å². The molecule has 1 unspecified atom stereocenters. The predicted molar refractivity (Wildman–Crippen MR) is 135 cm³/mol. The quantitative estimate of drug-likeness (QED) is 0.407. The Kier molecular flexibility index (Phi) is 6.07. The molecule has 36 heavy (non-hydrogen) atoms. The van der Waals surface area contributed by atoms with Gasteiger partial charge in [0.05, 0.1) is 22.5 Å². The van der Waals surface area contributed by atoms with Gasteiger partial charge in [0.15, 0.2) is 11.3 Å². The van der Waals surface area contributed by atoms with Crippen molar-refractivity contribution in [3.63, 3.8) is 0 Å². The number of amides is 1.